The Hall–Kier alpha value is -1.37. The number of nitriles is 1. The summed E-state index contributed by atoms with van der Waals surface area (Å²) in [4.78, 5) is 2.43. The molecule has 1 heterocycles. The van der Waals surface area contributed by atoms with Crippen LogP contribution in [0.2, 0.25) is 0 Å². The van der Waals surface area contributed by atoms with Crippen LogP contribution in [0.5, 0.6) is 0 Å². The maximum Gasteiger partial charge on any atom is 0.0991 e. The van der Waals surface area contributed by atoms with Gasteiger partial charge in [0.05, 0.1) is 18.2 Å². The van der Waals surface area contributed by atoms with Gasteiger partial charge < -0.3 is 4.74 Å². The predicted octanol–water partition coefficient (Wildman–Crippen LogP) is 2.03. The SMILES string of the molecule is COCC1CCN(Cc2cccc(C#N)c2)C1. The minimum Gasteiger partial charge on any atom is -0.384 e. The van der Waals surface area contributed by atoms with Gasteiger partial charge in [-0.2, -0.15) is 5.26 Å². The third kappa shape index (κ3) is 3.29. The second kappa shape index (κ2) is 5.81. The number of hydrogen-bond donors (Lipinski definition) is 0. The Labute approximate surface area is 103 Å². The zero-order chi connectivity index (χ0) is 12.1. The molecule has 2 rings (SSSR count). The van der Waals surface area contributed by atoms with Gasteiger partial charge in [0.1, 0.15) is 0 Å². The molecule has 1 saturated heterocycles. The van der Waals surface area contributed by atoms with Gasteiger partial charge in [0.15, 0.2) is 0 Å². The summed E-state index contributed by atoms with van der Waals surface area (Å²) in [6.07, 6.45) is 1.21. The summed E-state index contributed by atoms with van der Waals surface area (Å²) in [5.74, 6) is 0.666. The van der Waals surface area contributed by atoms with Crippen LogP contribution >= 0.6 is 0 Å². The maximum atomic E-state index is 8.85. The molecule has 1 fully saturated rings. The first-order valence-corrected chi connectivity index (χ1v) is 6.02. The average Bonchev–Trinajstić information content (AvgIpc) is 2.77. The van der Waals surface area contributed by atoms with Crippen molar-refractivity contribution in [3.8, 4) is 6.07 Å². The van der Waals surface area contributed by atoms with Gasteiger partial charge in [-0.25, -0.2) is 0 Å². The standard InChI is InChI=1S/C14H18N2O/c1-17-11-14-5-6-16(10-14)9-13-4-2-3-12(7-13)8-15/h2-4,7,14H,5-6,9-11H2,1H3. The molecule has 1 aromatic rings. The van der Waals surface area contributed by atoms with Gasteiger partial charge in [-0.15, -0.1) is 0 Å². The van der Waals surface area contributed by atoms with Gasteiger partial charge in [0.2, 0.25) is 0 Å². The molecule has 3 heteroatoms. The summed E-state index contributed by atoms with van der Waals surface area (Å²) in [5.41, 5.74) is 1.97. The number of hydrogen-bond acceptors (Lipinski definition) is 3. The summed E-state index contributed by atoms with van der Waals surface area (Å²) in [7, 11) is 1.76. The summed E-state index contributed by atoms with van der Waals surface area (Å²) >= 11 is 0. The Morgan fingerprint density at radius 1 is 1.53 bits per heavy atom. The topological polar surface area (TPSA) is 36.3 Å². The second-order valence-electron chi connectivity index (χ2n) is 4.66. The molecule has 1 aliphatic heterocycles. The lowest BCUT2D eigenvalue weighted by Gasteiger charge is -2.15. The number of methoxy groups -OCH3 is 1. The molecule has 0 bridgehead atoms. The molecule has 0 spiro atoms. The summed E-state index contributed by atoms with van der Waals surface area (Å²) in [6.45, 7) is 4.03. The minimum atomic E-state index is 0.666. The number of benzene rings is 1. The van der Waals surface area contributed by atoms with E-state index in [2.05, 4.69) is 17.0 Å². The molecule has 3 nitrogen and oxygen atoms in total. The fraction of sp³-hybridized carbons (Fsp3) is 0.500. The van der Waals surface area contributed by atoms with E-state index in [1.54, 1.807) is 7.11 Å². The lowest BCUT2D eigenvalue weighted by molar-refractivity contribution is 0.152. The van der Waals surface area contributed by atoms with Crippen LogP contribution in [0.25, 0.3) is 0 Å². The van der Waals surface area contributed by atoms with E-state index >= 15 is 0 Å². The van der Waals surface area contributed by atoms with Gasteiger partial charge in [-0.05, 0) is 36.6 Å². The van der Waals surface area contributed by atoms with Crippen LogP contribution in [0.3, 0.4) is 0 Å². The summed E-state index contributed by atoms with van der Waals surface area (Å²) < 4.78 is 5.19. The number of rotatable bonds is 4. The first-order valence-electron chi connectivity index (χ1n) is 6.02. The molecule has 0 N–H and O–H groups in total. The maximum absolute atomic E-state index is 8.85. The van der Waals surface area contributed by atoms with E-state index in [1.807, 2.05) is 18.2 Å². The van der Waals surface area contributed by atoms with E-state index in [0.29, 0.717) is 5.92 Å². The normalized spacial score (nSPS) is 20.4. The fourth-order valence-electron chi connectivity index (χ4n) is 2.43. The molecular weight excluding hydrogens is 212 g/mol. The van der Waals surface area contributed by atoms with Crippen LogP contribution in [0, 0.1) is 17.2 Å². The zero-order valence-corrected chi connectivity index (χ0v) is 10.2. The van der Waals surface area contributed by atoms with E-state index in [0.717, 1.165) is 31.8 Å². The van der Waals surface area contributed by atoms with E-state index in [4.69, 9.17) is 10.00 Å². The third-order valence-electron chi connectivity index (χ3n) is 3.23. The number of likely N-dealkylation sites (tertiary alicyclic amines) is 1. The molecule has 17 heavy (non-hydrogen) atoms. The van der Waals surface area contributed by atoms with Crippen molar-refractivity contribution in [3.05, 3.63) is 35.4 Å². The van der Waals surface area contributed by atoms with Crippen LogP contribution < -0.4 is 0 Å². The number of ether oxygens (including phenoxy) is 1. The van der Waals surface area contributed by atoms with E-state index < -0.39 is 0 Å². The molecule has 0 amide bonds. The van der Waals surface area contributed by atoms with Crippen LogP contribution in [0.4, 0.5) is 0 Å². The van der Waals surface area contributed by atoms with Crippen molar-refractivity contribution < 1.29 is 4.74 Å². The predicted molar refractivity (Wildman–Crippen MR) is 66.4 cm³/mol. The molecule has 0 radical (unpaired) electrons. The quantitative estimate of drug-likeness (QED) is 0.794. The van der Waals surface area contributed by atoms with Crippen LogP contribution in [0.1, 0.15) is 17.5 Å². The molecule has 1 atom stereocenters. The van der Waals surface area contributed by atoms with Gasteiger partial charge in [0, 0.05) is 20.2 Å². The Morgan fingerprint density at radius 2 is 2.41 bits per heavy atom. The highest BCUT2D eigenvalue weighted by Crippen LogP contribution is 2.19. The highest BCUT2D eigenvalue weighted by molar-refractivity contribution is 5.32. The first-order chi connectivity index (χ1) is 8.31. The van der Waals surface area contributed by atoms with E-state index in [-0.39, 0.29) is 0 Å². The molecule has 1 aromatic carbocycles. The Balaban J connectivity index is 1.91. The third-order valence-corrected chi connectivity index (χ3v) is 3.23. The van der Waals surface area contributed by atoms with Gasteiger partial charge in [-0.1, -0.05) is 12.1 Å². The van der Waals surface area contributed by atoms with Crippen molar-refractivity contribution in [2.45, 2.75) is 13.0 Å². The zero-order valence-electron chi connectivity index (χ0n) is 10.2. The molecule has 1 unspecified atom stereocenters. The Bertz CT molecular complexity index is 411. The monoisotopic (exact) mass is 230 g/mol. The summed E-state index contributed by atoms with van der Waals surface area (Å²) in [5, 5.41) is 8.85. The van der Waals surface area contributed by atoms with Crippen molar-refractivity contribution in [2.75, 3.05) is 26.8 Å². The van der Waals surface area contributed by atoms with Crippen molar-refractivity contribution in [2.24, 2.45) is 5.92 Å². The second-order valence-corrected chi connectivity index (χ2v) is 4.66. The average molecular weight is 230 g/mol. The lowest BCUT2D eigenvalue weighted by Crippen LogP contribution is -2.21. The molecule has 90 valence electrons. The highest BCUT2D eigenvalue weighted by Gasteiger charge is 2.22. The Morgan fingerprint density at radius 3 is 3.18 bits per heavy atom. The van der Waals surface area contributed by atoms with Crippen molar-refractivity contribution >= 4 is 0 Å². The fourth-order valence-corrected chi connectivity index (χ4v) is 2.43. The van der Waals surface area contributed by atoms with Gasteiger partial charge >= 0.3 is 0 Å². The Kier molecular flexibility index (Phi) is 4.13. The largest absolute Gasteiger partial charge is 0.384 e. The molecule has 0 aromatic heterocycles. The van der Waals surface area contributed by atoms with Crippen LogP contribution in [-0.2, 0) is 11.3 Å². The molecular formula is C14H18N2O. The highest BCUT2D eigenvalue weighted by atomic mass is 16.5. The lowest BCUT2D eigenvalue weighted by atomic mass is 10.1. The van der Waals surface area contributed by atoms with Gasteiger partial charge in [0.25, 0.3) is 0 Å². The van der Waals surface area contributed by atoms with Gasteiger partial charge in [-0.3, -0.25) is 4.90 Å². The summed E-state index contributed by atoms with van der Waals surface area (Å²) in [6, 6.07) is 10.0. The molecule has 0 saturated carbocycles. The molecule has 1 aliphatic rings. The smallest absolute Gasteiger partial charge is 0.0991 e. The van der Waals surface area contributed by atoms with E-state index in [1.165, 1.54) is 12.0 Å². The molecule has 0 aliphatic carbocycles. The van der Waals surface area contributed by atoms with Crippen molar-refractivity contribution in [1.82, 2.24) is 4.90 Å². The van der Waals surface area contributed by atoms with Crippen molar-refractivity contribution in [3.63, 3.8) is 0 Å². The number of nitrogens with zero attached hydrogens (tertiary/aromatic N) is 2. The van der Waals surface area contributed by atoms with Crippen LogP contribution in [0.15, 0.2) is 24.3 Å². The van der Waals surface area contributed by atoms with Crippen LogP contribution in [-0.4, -0.2) is 31.7 Å². The van der Waals surface area contributed by atoms with Crippen molar-refractivity contribution in [1.29, 1.82) is 5.26 Å². The minimum absolute atomic E-state index is 0.666. The first kappa shape index (κ1) is 12.1. The van der Waals surface area contributed by atoms with E-state index in [9.17, 15) is 0 Å².